The first kappa shape index (κ1) is 12.5. The zero-order valence-electron chi connectivity index (χ0n) is 9.76. The van der Waals surface area contributed by atoms with Crippen LogP contribution in [0.25, 0.3) is 0 Å². The lowest BCUT2D eigenvalue weighted by Crippen LogP contribution is -2.25. The number of carbonyl (C=O) groups excluding carboxylic acids is 1. The van der Waals surface area contributed by atoms with Crippen molar-refractivity contribution in [3.8, 4) is 0 Å². The zero-order chi connectivity index (χ0) is 10.9. The van der Waals surface area contributed by atoms with Crippen molar-refractivity contribution < 1.29 is 9.53 Å². The Morgan fingerprint density at radius 1 is 1.40 bits per heavy atom. The van der Waals surface area contributed by atoms with E-state index in [9.17, 15) is 4.79 Å². The van der Waals surface area contributed by atoms with Gasteiger partial charge in [-0.1, -0.05) is 25.7 Å². The molecule has 0 bridgehead atoms. The Hall–Kier alpha value is -0.570. The van der Waals surface area contributed by atoms with E-state index in [0.717, 1.165) is 31.9 Å². The summed E-state index contributed by atoms with van der Waals surface area (Å²) in [4.78, 5) is 11.4. The third kappa shape index (κ3) is 5.78. The van der Waals surface area contributed by atoms with E-state index in [0.29, 0.717) is 6.42 Å². The van der Waals surface area contributed by atoms with E-state index in [-0.39, 0.29) is 5.91 Å². The molecule has 0 aromatic heterocycles. The fraction of sp³-hybridized carbons (Fsp3) is 0.917. The van der Waals surface area contributed by atoms with Gasteiger partial charge in [0.1, 0.15) is 0 Å². The van der Waals surface area contributed by atoms with Crippen molar-refractivity contribution in [2.24, 2.45) is 5.92 Å². The van der Waals surface area contributed by atoms with Gasteiger partial charge in [0.2, 0.25) is 5.91 Å². The van der Waals surface area contributed by atoms with Gasteiger partial charge in [-0.2, -0.15) is 0 Å². The Labute approximate surface area is 92.6 Å². The average molecular weight is 213 g/mol. The second-order valence-corrected chi connectivity index (χ2v) is 4.39. The highest BCUT2D eigenvalue weighted by molar-refractivity contribution is 5.75. The Balaban J connectivity index is 1.93. The maximum absolute atomic E-state index is 11.4. The molecule has 0 unspecified atom stereocenters. The number of amides is 1. The highest BCUT2D eigenvalue weighted by Crippen LogP contribution is 2.28. The molecule has 0 radical (unpaired) electrons. The first-order valence-electron chi connectivity index (χ1n) is 6.08. The summed E-state index contributed by atoms with van der Waals surface area (Å²) in [6, 6.07) is 0. The predicted molar refractivity (Wildman–Crippen MR) is 60.7 cm³/mol. The molecule has 1 rings (SSSR count). The van der Waals surface area contributed by atoms with Gasteiger partial charge in [0, 0.05) is 26.7 Å². The molecule has 1 amide bonds. The minimum absolute atomic E-state index is 0.206. The molecule has 1 fully saturated rings. The van der Waals surface area contributed by atoms with E-state index in [1.165, 1.54) is 25.7 Å². The average Bonchev–Trinajstić information content (AvgIpc) is 2.74. The van der Waals surface area contributed by atoms with Gasteiger partial charge in [-0.05, 0) is 18.8 Å². The molecular formula is C12H23NO2. The first-order chi connectivity index (χ1) is 7.33. The smallest absolute Gasteiger partial charge is 0.220 e. The molecule has 0 aromatic carbocycles. The summed E-state index contributed by atoms with van der Waals surface area (Å²) in [5.74, 6) is 1.02. The molecule has 88 valence electrons. The number of carbonyl (C=O) groups is 1. The Kier molecular flexibility index (Phi) is 6.41. The van der Waals surface area contributed by atoms with E-state index in [2.05, 4.69) is 5.32 Å². The molecule has 0 saturated heterocycles. The summed E-state index contributed by atoms with van der Waals surface area (Å²) in [7, 11) is 1.68. The van der Waals surface area contributed by atoms with Crippen LogP contribution < -0.4 is 5.32 Å². The first-order valence-corrected chi connectivity index (χ1v) is 6.08. The summed E-state index contributed by atoms with van der Waals surface area (Å²) >= 11 is 0. The van der Waals surface area contributed by atoms with Crippen LogP contribution in [0.4, 0.5) is 0 Å². The van der Waals surface area contributed by atoms with Crippen LogP contribution in [0.5, 0.6) is 0 Å². The van der Waals surface area contributed by atoms with Crippen LogP contribution in [0, 0.1) is 5.92 Å². The number of hydrogen-bond donors (Lipinski definition) is 1. The normalized spacial score (nSPS) is 16.9. The molecule has 0 spiro atoms. The third-order valence-electron chi connectivity index (χ3n) is 3.10. The van der Waals surface area contributed by atoms with Crippen LogP contribution in [-0.2, 0) is 9.53 Å². The number of methoxy groups -OCH3 is 1. The van der Waals surface area contributed by atoms with Crippen molar-refractivity contribution in [2.75, 3.05) is 20.3 Å². The van der Waals surface area contributed by atoms with Crippen molar-refractivity contribution in [1.29, 1.82) is 0 Å². The molecule has 1 saturated carbocycles. The van der Waals surface area contributed by atoms with Crippen molar-refractivity contribution in [1.82, 2.24) is 5.32 Å². The van der Waals surface area contributed by atoms with E-state index >= 15 is 0 Å². The molecule has 0 atom stereocenters. The number of hydrogen-bond acceptors (Lipinski definition) is 2. The fourth-order valence-electron chi connectivity index (χ4n) is 2.17. The summed E-state index contributed by atoms with van der Waals surface area (Å²) in [5, 5.41) is 2.92. The van der Waals surface area contributed by atoms with Crippen LogP contribution in [0.1, 0.15) is 44.9 Å². The molecule has 3 heteroatoms. The van der Waals surface area contributed by atoms with Gasteiger partial charge in [-0.15, -0.1) is 0 Å². The van der Waals surface area contributed by atoms with E-state index in [4.69, 9.17) is 4.74 Å². The van der Waals surface area contributed by atoms with Crippen LogP contribution in [0.2, 0.25) is 0 Å². The quantitative estimate of drug-likeness (QED) is 0.658. The summed E-state index contributed by atoms with van der Waals surface area (Å²) in [5.41, 5.74) is 0. The lowest BCUT2D eigenvalue weighted by atomic mass is 10.0. The highest BCUT2D eigenvalue weighted by atomic mass is 16.5. The van der Waals surface area contributed by atoms with Gasteiger partial charge in [0.25, 0.3) is 0 Å². The minimum Gasteiger partial charge on any atom is -0.385 e. The monoisotopic (exact) mass is 213 g/mol. The predicted octanol–water partition coefficient (Wildman–Crippen LogP) is 2.11. The second-order valence-electron chi connectivity index (χ2n) is 4.39. The topological polar surface area (TPSA) is 38.3 Å². The zero-order valence-corrected chi connectivity index (χ0v) is 9.76. The molecule has 1 aliphatic carbocycles. The van der Waals surface area contributed by atoms with Gasteiger partial charge in [0.15, 0.2) is 0 Å². The van der Waals surface area contributed by atoms with Crippen molar-refractivity contribution in [3.05, 3.63) is 0 Å². The largest absolute Gasteiger partial charge is 0.385 e. The van der Waals surface area contributed by atoms with Crippen molar-refractivity contribution in [3.63, 3.8) is 0 Å². The van der Waals surface area contributed by atoms with Crippen molar-refractivity contribution >= 4 is 5.91 Å². The third-order valence-corrected chi connectivity index (χ3v) is 3.10. The molecule has 1 N–H and O–H groups in total. The molecule has 0 heterocycles. The Bertz CT molecular complexity index is 176. The van der Waals surface area contributed by atoms with E-state index in [1.54, 1.807) is 7.11 Å². The van der Waals surface area contributed by atoms with Crippen LogP contribution in [-0.4, -0.2) is 26.2 Å². The van der Waals surface area contributed by atoms with Crippen LogP contribution in [0.15, 0.2) is 0 Å². The molecular weight excluding hydrogens is 190 g/mol. The molecule has 15 heavy (non-hydrogen) atoms. The van der Waals surface area contributed by atoms with Gasteiger partial charge < -0.3 is 10.1 Å². The lowest BCUT2D eigenvalue weighted by Gasteiger charge is -2.08. The summed E-state index contributed by atoms with van der Waals surface area (Å²) in [6.45, 7) is 1.47. The fourth-order valence-corrected chi connectivity index (χ4v) is 2.17. The highest BCUT2D eigenvalue weighted by Gasteiger charge is 2.15. The maximum Gasteiger partial charge on any atom is 0.220 e. The molecule has 1 aliphatic rings. The summed E-state index contributed by atoms with van der Waals surface area (Å²) in [6.07, 6.45) is 8.08. The van der Waals surface area contributed by atoms with Crippen molar-refractivity contribution in [2.45, 2.75) is 44.9 Å². The number of nitrogens with one attached hydrogen (secondary N) is 1. The van der Waals surface area contributed by atoms with E-state index < -0.39 is 0 Å². The Morgan fingerprint density at radius 3 is 2.80 bits per heavy atom. The van der Waals surface area contributed by atoms with Gasteiger partial charge in [0.05, 0.1) is 0 Å². The lowest BCUT2D eigenvalue weighted by molar-refractivity contribution is -0.121. The summed E-state index contributed by atoms with van der Waals surface area (Å²) < 4.78 is 4.91. The standard InChI is InChI=1S/C12H23NO2/c1-15-10-4-9-13-12(14)8-7-11-5-2-3-6-11/h11H,2-10H2,1H3,(H,13,14). The Morgan fingerprint density at radius 2 is 2.13 bits per heavy atom. The number of ether oxygens (including phenoxy) is 1. The minimum atomic E-state index is 0.206. The number of rotatable bonds is 7. The van der Waals surface area contributed by atoms with Crippen LogP contribution in [0.3, 0.4) is 0 Å². The molecule has 0 aromatic rings. The maximum atomic E-state index is 11.4. The second kappa shape index (κ2) is 7.69. The molecule has 0 aliphatic heterocycles. The van der Waals surface area contributed by atoms with Crippen LogP contribution >= 0.6 is 0 Å². The SMILES string of the molecule is COCCCNC(=O)CCC1CCCC1. The molecule has 3 nitrogen and oxygen atoms in total. The van der Waals surface area contributed by atoms with Gasteiger partial charge in [-0.25, -0.2) is 0 Å². The van der Waals surface area contributed by atoms with Gasteiger partial charge >= 0.3 is 0 Å². The van der Waals surface area contributed by atoms with E-state index in [1.807, 2.05) is 0 Å². The van der Waals surface area contributed by atoms with Gasteiger partial charge in [-0.3, -0.25) is 4.79 Å².